The Bertz CT molecular complexity index is 840. The second-order valence-corrected chi connectivity index (χ2v) is 6.54. The molecule has 0 saturated heterocycles. The lowest BCUT2D eigenvalue weighted by atomic mass is 9.90. The van der Waals surface area contributed by atoms with Crippen LogP contribution in [0, 0.1) is 0 Å². The van der Waals surface area contributed by atoms with Crippen molar-refractivity contribution in [2.45, 2.75) is 12.5 Å². The topological polar surface area (TPSA) is 69.2 Å². The largest absolute Gasteiger partial charge is 0.497 e. The predicted molar refractivity (Wildman–Crippen MR) is 99.3 cm³/mol. The van der Waals surface area contributed by atoms with Gasteiger partial charge < -0.3 is 14.3 Å². The number of hydrogen-bond acceptors (Lipinski definition) is 6. The van der Waals surface area contributed by atoms with Gasteiger partial charge in [-0.15, -0.1) is 0 Å². The molecule has 1 heterocycles. The van der Waals surface area contributed by atoms with E-state index >= 15 is 0 Å². The van der Waals surface area contributed by atoms with E-state index in [4.69, 9.17) is 21.1 Å². The van der Waals surface area contributed by atoms with Crippen molar-refractivity contribution in [3.05, 3.63) is 53.1 Å². The van der Waals surface area contributed by atoms with Crippen LogP contribution in [0.2, 0.25) is 5.02 Å². The van der Waals surface area contributed by atoms with Gasteiger partial charge in [0.1, 0.15) is 17.9 Å². The highest BCUT2D eigenvalue weighted by Crippen LogP contribution is 2.33. The van der Waals surface area contributed by atoms with Crippen molar-refractivity contribution in [1.29, 1.82) is 0 Å². The van der Waals surface area contributed by atoms with Gasteiger partial charge >= 0.3 is 6.47 Å². The van der Waals surface area contributed by atoms with Crippen molar-refractivity contribution in [3.63, 3.8) is 0 Å². The zero-order valence-corrected chi connectivity index (χ0v) is 15.2. The molecule has 1 N–H and O–H groups in total. The summed E-state index contributed by atoms with van der Waals surface area (Å²) in [5.41, 5.74) is 4.79. The average Bonchev–Trinajstić information content (AvgIpc) is 2.66. The lowest BCUT2D eigenvalue weighted by Gasteiger charge is -2.31. The Morgan fingerprint density at radius 1 is 1.27 bits per heavy atom. The van der Waals surface area contributed by atoms with Crippen LogP contribution in [0.3, 0.4) is 0 Å². The highest BCUT2D eigenvalue weighted by Gasteiger charge is 2.31. The highest BCUT2D eigenvalue weighted by atomic mass is 35.5. The van der Waals surface area contributed by atoms with Gasteiger partial charge in [-0.1, -0.05) is 29.8 Å². The van der Waals surface area contributed by atoms with E-state index in [1.165, 1.54) is 0 Å². The predicted octanol–water partition coefficient (Wildman–Crippen LogP) is 3.34. The molecule has 0 aromatic heterocycles. The summed E-state index contributed by atoms with van der Waals surface area (Å²) in [6.07, 6.45) is 0. The number of amidine groups is 1. The number of carbonyl (C=O) groups is 1. The van der Waals surface area contributed by atoms with Gasteiger partial charge in [-0.05, 0) is 47.9 Å². The van der Waals surface area contributed by atoms with E-state index in [-0.39, 0.29) is 6.61 Å². The van der Waals surface area contributed by atoms with E-state index in [0.717, 1.165) is 16.7 Å². The van der Waals surface area contributed by atoms with Gasteiger partial charge in [-0.3, -0.25) is 9.79 Å². The SMILES string of the molecule is COc1cc(Cl)cc(-c2cccc(C3(C)COCC(NOC=O)=N3)c2)c1. The first kappa shape index (κ1) is 18.2. The number of methoxy groups -OCH3 is 1. The van der Waals surface area contributed by atoms with E-state index in [2.05, 4.69) is 15.3 Å². The minimum atomic E-state index is -0.606. The summed E-state index contributed by atoms with van der Waals surface area (Å²) >= 11 is 6.19. The second-order valence-electron chi connectivity index (χ2n) is 6.10. The van der Waals surface area contributed by atoms with E-state index < -0.39 is 5.54 Å². The number of carbonyl (C=O) groups excluding carboxylic acids is 1. The zero-order valence-electron chi connectivity index (χ0n) is 14.5. The Hall–Kier alpha value is -2.57. The summed E-state index contributed by atoms with van der Waals surface area (Å²) in [6, 6.07) is 13.6. The molecule has 2 aromatic rings. The molecule has 1 aliphatic rings. The maximum absolute atomic E-state index is 10.4. The van der Waals surface area contributed by atoms with Crippen LogP contribution >= 0.6 is 11.6 Å². The van der Waals surface area contributed by atoms with E-state index in [1.54, 1.807) is 13.2 Å². The first-order chi connectivity index (χ1) is 12.5. The minimum Gasteiger partial charge on any atom is -0.497 e. The third-order valence-electron chi connectivity index (χ3n) is 4.15. The molecule has 136 valence electrons. The Kier molecular flexibility index (Phi) is 5.44. The van der Waals surface area contributed by atoms with Crippen molar-refractivity contribution in [3.8, 4) is 16.9 Å². The summed E-state index contributed by atoms with van der Waals surface area (Å²) in [6.45, 7) is 2.95. The lowest BCUT2D eigenvalue weighted by molar-refractivity contribution is -0.132. The van der Waals surface area contributed by atoms with Crippen LogP contribution < -0.4 is 10.2 Å². The first-order valence-electron chi connectivity index (χ1n) is 8.01. The number of ether oxygens (including phenoxy) is 2. The van der Waals surface area contributed by atoms with E-state index in [0.29, 0.717) is 29.7 Å². The van der Waals surface area contributed by atoms with Crippen molar-refractivity contribution >= 4 is 23.9 Å². The molecule has 0 aliphatic carbocycles. The van der Waals surface area contributed by atoms with E-state index in [1.807, 2.05) is 43.3 Å². The molecule has 1 aliphatic heterocycles. The van der Waals surface area contributed by atoms with Crippen molar-refractivity contribution in [1.82, 2.24) is 5.48 Å². The highest BCUT2D eigenvalue weighted by molar-refractivity contribution is 6.31. The summed E-state index contributed by atoms with van der Waals surface area (Å²) in [4.78, 5) is 19.6. The molecule has 6 nitrogen and oxygen atoms in total. The van der Waals surface area contributed by atoms with Gasteiger partial charge in [0, 0.05) is 5.02 Å². The molecule has 1 unspecified atom stereocenters. The standard InChI is InChI=1S/C19H19ClN2O4/c1-19(11-25-10-18(21-19)22-26-12-23)15-5-3-4-13(6-15)14-7-16(20)9-17(8-14)24-2/h3-9,12H,10-11H2,1-2H3,(H,21,22). The Balaban J connectivity index is 1.96. The number of nitrogens with one attached hydrogen (secondary N) is 1. The van der Waals surface area contributed by atoms with Gasteiger partial charge in [-0.2, -0.15) is 0 Å². The molecule has 2 aromatic carbocycles. The summed E-state index contributed by atoms with van der Waals surface area (Å²) in [5.74, 6) is 1.15. The Labute approximate surface area is 156 Å². The molecule has 7 heteroatoms. The van der Waals surface area contributed by atoms with Crippen LogP contribution in [0.4, 0.5) is 0 Å². The van der Waals surface area contributed by atoms with Crippen LogP contribution in [0.25, 0.3) is 11.1 Å². The maximum atomic E-state index is 10.4. The molecule has 0 saturated carbocycles. The zero-order chi connectivity index (χ0) is 18.6. The lowest BCUT2D eigenvalue weighted by Crippen LogP contribution is -2.40. The van der Waals surface area contributed by atoms with Crippen LogP contribution in [-0.4, -0.2) is 32.6 Å². The number of hydroxylamine groups is 1. The Morgan fingerprint density at radius 2 is 2.12 bits per heavy atom. The molecule has 0 radical (unpaired) electrons. The molecule has 1 atom stereocenters. The third kappa shape index (κ3) is 3.98. The van der Waals surface area contributed by atoms with Gasteiger partial charge in [0.05, 0.1) is 13.7 Å². The fourth-order valence-corrected chi connectivity index (χ4v) is 3.11. The molecule has 0 amide bonds. The number of nitrogens with zero attached hydrogens (tertiary/aromatic N) is 1. The third-order valence-corrected chi connectivity index (χ3v) is 4.37. The summed E-state index contributed by atoms with van der Waals surface area (Å²) in [7, 11) is 1.61. The van der Waals surface area contributed by atoms with Crippen molar-refractivity contribution < 1.29 is 19.1 Å². The molecular weight excluding hydrogens is 356 g/mol. The molecule has 0 fully saturated rings. The minimum absolute atomic E-state index is 0.259. The first-order valence-corrected chi connectivity index (χ1v) is 8.39. The number of rotatable bonds is 5. The van der Waals surface area contributed by atoms with Gasteiger partial charge in [0.25, 0.3) is 0 Å². The number of halogens is 1. The molecule has 3 rings (SSSR count). The van der Waals surface area contributed by atoms with Crippen LogP contribution in [-0.2, 0) is 19.9 Å². The Morgan fingerprint density at radius 3 is 2.88 bits per heavy atom. The van der Waals surface area contributed by atoms with Crippen LogP contribution in [0.1, 0.15) is 12.5 Å². The number of benzene rings is 2. The monoisotopic (exact) mass is 374 g/mol. The fraction of sp³-hybridized carbons (Fsp3) is 0.263. The van der Waals surface area contributed by atoms with Crippen LogP contribution in [0.15, 0.2) is 47.5 Å². The summed E-state index contributed by atoms with van der Waals surface area (Å²) < 4.78 is 10.9. The van der Waals surface area contributed by atoms with Gasteiger partial charge in [0.15, 0.2) is 5.84 Å². The average molecular weight is 375 g/mol. The molecule has 0 spiro atoms. The quantitative estimate of drug-likeness (QED) is 0.642. The number of aliphatic imine (C=N–C) groups is 1. The van der Waals surface area contributed by atoms with Crippen molar-refractivity contribution in [2.75, 3.05) is 20.3 Å². The molecule has 26 heavy (non-hydrogen) atoms. The molecule has 0 bridgehead atoms. The van der Waals surface area contributed by atoms with Crippen LogP contribution in [0.5, 0.6) is 5.75 Å². The number of hydrogen-bond donors (Lipinski definition) is 1. The maximum Gasteiger partial charge on any atom is 0.320 e. The van der Waals surface area contributed by atoms with E-state index in [9.17, 15) is 4.79 Å². The van der Waals surface area contributed by atoms with Gasteiger partial charge in [0.2, 0.25) is 0 Å². The summed E-state index contributed by atoms with van der Waals surface area (Å²) in [5, 5.41) is 0.604. The molecular formula is C19H19ClN2O4. The fourth-order valence-electron chi connectivity index (χ4n) is 2.88. The smallest absolute Gasteiger partial charge is 0.320 e. The van der Waals surface area contributed by atoms with Crippen molar-refractivity contribution in [2.24, 2.45) is 4.99 Å². The van der Waals surface area contributed by atoms with Gasteiger partial charge in [-0.25, -0.2) is 5.48 Å². The second kappa shape index (κ2) is 7.76. The normalized spacial score (nSPS) is 19.4.